The van der Waals surface area contributed by atoms with Crippen LogP contribution in [-0.2, 0) is 9.53 Å². The van der Waals surface area contributed by atoms with E-state index in [-0.39, 0.29) is 11.8 Å². The molecular weight excluding hydrogens is 380 g/mol. The average molecular weight is 405 g/mol. The summed E-state index contributed by atoms with van der Waals surface area (Å²) < 4.78 is 10.7. The first-order valence-corrected chi connectivity index (χ1v) is 9.52. The molecule has 0 aliphatic heterocycles. The summed E-state index contributed by atoms with van der Waals surface area (Å²) in [5.41, 5.74) is 0.838. The molecule has 2 N–H and O–H groups in total. The lowest BCUT2D eigenvalue weighted by Crippen LogP contribution is -2.33. The normalized spacial score (nSPS) is 11.5. The lowest BCUT2D eigenvalue weighted by atomic mass is 10.1. The first-order chi connectivity index (χ1) is 13.5. The van der Waals surface area contributed by atoms with E-state index in [2.05, 4.69) is 10.6 Å². The van der Waals surface area contributed by atoms with Crippen molar-refractivity contribution in [3.63, 3.8) is 0 Å². The quantitative estimate of drug-likeness (QED) is 0.589. The zero-order valence-electron chi connectivity index (χ0n) is 16.0. The molecule has 2 amide bonds. The summed E-state index contributed by atoms with van der Waals surface area (Å²) in [6.45, 7) is 2.92. The van der Waals surface area contributed by atoms with Crippen LogP contribution < -0.4 is 15.4 Å². The van der Waals surface area contributed by atoms with Gasteiger partial charge in [0.2, 0.25) is 0 Å². The SMILES string of the molecule is CC[C@@H](Oc1ccc(Cl)cc1)C(=O)Nc1ccccc1C(=O)NCCCOC. The molecule has 0 heterocycles. The molecule has 6 nitrogen and oxygen atoms in total. The summed E-state index contributed by atoms with van der Waals surface area (Å²) in [6.07, 6.45) is 0.489. The highest BCUT2D eigenvalue weighted by Gasteiger charge is 2.21. The predicted molar refractivity (Wildman–Crippen MR) is 110 cm³/mol. The lowest BCUT2D eigenvalue weighted by molar-refractivity contribution is -0.122. The molecule has 0 aromatic heterocycles. The number of benzene rings is 2. The Hall–Kier alpha value is -2.57. The van der Waals surface area contributed by atoms with Crippen LogP contribution in [0.15, 0.2) is 48.5 Å². The van der Waals surface area contributed by atoms with Crippen LogP contribution in [0.5, 0.6) is 5.75 Å². The van der Waals surface area contributed by atoms with Gasteiger partial charge in [0, 0.05) is 25.3 Å². The minimum absolute atomic E-state index is 0.251. The first kappa shape index (κ1) is 21.7. The van der Waals surface area contributed by atoms with Gasteiger partial charge in [-0.05, 0) is 49.2 Å². The molecule has 2 rings (SSSR count). The molecule has 0 aliphatic carbocycles. The van der Waals surface area contributed by atoms with Gasteiger partial charge in [0.1, 0.15) is 5.75 Å². The summed E-state index contributed by atoms with van der Waals surface area (Å²) in [4.78, 5) is 25.1. The van der Waals surface area contributed by atoms with Crippen molar-refractivity contribution < 1.29 is 19.1 Å². The minimum Gasteiger partial charge on any atom is -0.481 e. The van der Waals surface area contributed by atoms with Gasteiger partial charge in [0.25, 0.3) is 11.8 Å². The van der Waals surface area contributed by atoms with Crippen LogP contribution in [-0.4, -0.2) is 38.2 Å². The maximum Gasteiger partial charge on any atom is 0.265 e. The van der Waals surface area contributed by atoms with Crippen LogP contribution in [0, 0.1) is 0 Å². The summed E-state index contributed by atoms with van der Waals surface area (Å²) in [5, 5.41) is 6.21. The van der Waals surface area contributed by atoms with Gasteiger partial charge in [0.15, 0.2) is 6.10 Å². The fourth-order valence-corrected chi connectivity index (χ4v) is 2.64. The number of hydrogen-bond donors (Lipinski definition) is 2. The van der Waals surface area contributed by atoms with Crippen molar-refractivity contribution in [1.82, 2.24) is 5.32 Å². The van der Waals surface area contributed by atoms with E-state index < -0.39 is 6.10 Å². The molecule has 0 saturated heterocycles. The Kier molecular flexibility index (Phi) is 8.78. The van der Waals surface area contributed by atoms with Crippen LogP contribution in [0.4, 0.5) is 5.69 Å². The number of hydrogen-bond acceptors (Lipinski definition) is 4. The molecule has 0 radical (unpaired) electrons. The van der Waals surface area contributed by atoms with E-state index in [1.54, 1.807) is 55.6 Å². The molecule has 0 bridgehead atoms. The van der Waals surface area contributed by atoms with Crippen molar-refractivity contribution in [2.24, 2.45) is 0 Å². The van der Waals surface area contributed by atoms with Crippen molar-refractivity contribution in [2.45, 2.75) is 25.9 Å². The van der Waals surface area contributed by atoms with Crippen molar-refractivity contribution in [2.75, 3.05) is 25.6 Å². The number of amides is 2. The summed E-state index contributed by atoms with van der Waals surface area (Å²) in [6, 6.07) is 13.7. The molecule has 2 aromatic carbocycles. The highest BCUT2D eigenvalue weighted by atomic mass is 35.5. The Morgan fingerprint density at radius 2 is 1.82 bits per heavy atom. The topological polar surface area (TPSA) is 76.7 Å². The second-order valence-corrected chi connectivity index (χ2v) is 6.54. The van der Waals surface area contributed by atoms with Gasteiger partial charge in [-0.2, -0.15) is 0 Å². The van der Waals surface area contributed by atoms with E-state index in [1.807, 2.05) is 6.92 Å². The zero-order valence-corrected chi connectivity index (χ0v) is 16.8. The Balaban J connectivity index is 2.03. The van der Waals surface area contributed by atoms with E-state index in [9.17, 15) is 9.59 Å². The number of carbonyl (C=O) groups is 2. The van der Waals surface area contributed by atoms with Gasteiger partial charge in [0.05, 0.1) is 11.3 Å². The molecule has 0 spiro atoms. The van der Waals surface area contributed by atoms with Gasteiger partial charge >= 0.3 is 0 Å². The Labute approximate surface area is 170 Å². The fraction of sp³-hybridized carbons (Fsp3) is 0.333. The van der Waals surface area contributed by atoms with E-state index in [0.717, 1.165) is 0 Å². The Morgan fingerprint density at radius 3 is 2.50 bits per heavy atom. The van der Waals surface area contributed by atoms with E-state index in [0.29, 0.717) is 48.0 Å². The minimum atomic E-state index is -0.695. The number of para-hydroxylation sites is 1. The molecule has 150 valence electrons. The second-order valence-electron chi connectivity index (χ2n) is 6.11. The second kappa shape index (κ2) is 11.3. The third-order valence-electron chi connectivity index (χ3n) is 4.00. The Bertz CT molecular complexity index is 780. The molecule has 28 heavy (non-hydrogen) atoms. The van der Waals surface area contributed by atoms with Gasteiger partial charge in [-0.25, -0.2) is 0 Å². The maximum atomic E-state index is 12.7. The average Bonchev–Trinajstić information content (AvgIpc) is 2.71. The lowest BCUT2D eigenvalue weighted by Gasteiger charge is -2.18. The third kappa shape index (κ3) is 6.55. The van der Waals surface area contributed by atoms with Crippen LogP contribution in [0.1, 0.15) is 30.1 Å². The van der Waals surface area contributed by atoms with Gasteiger partial charge < -0.3 is 20.1 Å². The highest BCUT2D eigenvalue weighted by molar-refractivity contribution is 6.30. The number of carbonyl (C=O) groups excluding carboxylic acids is 2. The maximum absolute atomic E-state index is 12.7. The summed E-state index contributed by atoms with van der Waals surface area (Å²) in [7, 11) is 1.61. The smallest absolute Gasteiger partial charge is 0.265 e. The number of ether oxygens (including phenoxy) is 2. The molecular formula is C21H25ClN2O4. The van der Waals surface area contributed by atoms with Crippen LogP contribution >= 0.6 is 11.6 Å². The molecule has 0 saturated carbocycles. The van der Waals surface area contributed by atoms with Gasteiger partial charge in [-0.15, -0.1) is 0 Å². The third-order valence-corrected chi connectivity index (χ3v) is 4.25. The first-order valence-electron chi connectivity index (χ1n) is 9.14. The van der Waals surface area contributed by atoms with Crippen LogP contribution in [0.25, 0.3) is 0 Å². The molecule has 1 atom stereocenters. The number of methoxy groups -OCH3 is 1. The fourth-order valence-electron chi connectivity index (χ4n) is 2.52. The zero-order chi connectivity index (χ0) is 20.4. The molecule has 7 heteroatoms. The van der Waals surface area contributed by atoms with Crippen LogP contribution in [0.3, 0.4) is 0 Å². The summed E-state index contributed by atoms with van der Waals surface area (Å²) in [5.74, 6) is -0.0219. The monoisotopic (exact) mass is 404 g/mol. The van der Waals surface area contributed by atoms with E-state index in [1.165, 1.54) is 0 Å². The van der Waals surface area contributed by atoms with Crippen molar-refractivity contribution in [1.29, 1.82) is 0 Å². The molecule has 0 unspecified atom stereocenters. The van der Waals surface area contributed by atoms with Gasteiger partial charge in [-0.3, -0.25) is 9.59 Å². The van der Waals surface area contributed by atoms with Gasteiger partial charge in [-0.1, -0.05) is 30.7 Å². The standard InChI is InChI=1S/C21H25ClN2O4/c1-3-19(28-16-11-9-15(22)10-12-16)21(26)24-18-8-5-4-7-17(18)20(25)23-13-6-14-27-2/h4-5,7-12,19H,3,6,13-14H2,1-2H3,(H,23,25)(H,24,26)/t19-/m1/s1. The predicted octanol–water partition coefficient (Wildman–Crippen LogP) is 3.90. The largest absolute Gasteiger partial charge is 0.481 e. The number of nitrogens with one attached hydrogen (secondary N) is 2. The van der Waals surface area contributed by atoms with E-state index in [4.69, 9.17) is 21.1 Å². The number of rotatable bonds is 10. The van der Waals surface area contributed by atoms with Crippen molar-refractivity contribution >= 4 is 29.1 Å². The van der Waals surface area contributed by atoms with E-state index >= 15 is 0 Å². The molecule has 0 aliphatic rings. The van der Waals surface area contributed by atoms with Crippen LogP contribution in [0.2, 0.25) is 5.02 Å². The molecule has 0 fully saturated rings. The molecule has 2 aromatic rings. The van der Waals surface area contributed by atoms with Crippen molar-refractivity contribution in [3.8, 4) is 5.75 Å². The number of halogens is 1. The van der Waals surface area contributed by atoms with Crippen molar-refractivity contribution in [3.05, 3.63) is 59.1 Å². The highest BCUT2D eigenvalue weighted by Crippen LogP contribution is 2.20. The Morgan fingerprint density at radius 1 is 1.11 bits per heavy atom. The number of anilines is 1. The summed E-state index contributed by atoms with van der Waals surface area (Å²) >= 11 is 5.87.